The van der Waals surface area contributed by atoms with Crippen molar-refractivity contribution in [1.82, 2.24) is 5.43 Å². The third kappa shape index (κ3) is 7.01. The second-order valence-corrected chi connectivity index (χ2v) is 8.85. The van der Waals surface area contributed by atoms with Crippen LogP contribution in [-0.2, 0) is 19.6 Å². The van der Waals surface area contributed by atoms with Gasteiger partial charge < -0.3 is 14.2 Å². The number of hydrogen-bond acceptors (Lipinski definition) is 8. The lowest BCUT2D eigenvalue weighted by atomic mass is 10.2. The van der Waals surface area contributed by atoms with Gasteiger partial charge in [-0.1, -0.05) is 23.2 Å². The Kier molecular flexibility index (Phi) is 8.70. The number of rotatable bonds is 8. The normalized spacial score (nSPS) is 11.2. The highest BCUT2D eigenvalue weighted by atomic mass is 35.5. The number of hydrogen-bond donors (Lipinski definition) is 1. The van der Waals surface area contributed by atoms with E-state index < -0.39 is 28.6 Å². The van der Waals surface area contributed by atoms with Crippen LogP contribution in [0.25, 0.3) is 0 Å². The summed E-state index contributed by atoms with van der Waals surface area (Å²) in [5.74, 6) is -0.338. The van der Waals surface area contributed by atoms with Crippen molar-refractivity contribution in [2.24, 2.45) is 5.10 Å². The van der Waals surface area contributed by atoms with E-state index in [1.54, 1.807) is 6.07 Å². The maximum atomic E-state index is 12.3. The Morgan fingerprint density at radius 3 is 2.41 bits per heavy atom. The first-order chi connectivity index (χ1) is 15.0. The summed E-state index contributed by atoms with van der Waals surface area (Å²) in [4.78, 5) is 23.5. The summed E-state index contributed by atoms with van der Waals surface area (Å²) >= 11 is 11.8. The number of carbonyl (C=O) groups is 2. The summed E-state index contributed by atoms with van der Waals surface area (Å²) in [5, 5.41) is 4.19. The molecular formula is C19H19Cl2N3O7S. The van der Waals surface area contributed by atoms with Crippen molar-refractivity contribution in [3.63, 3.8) is 0 Å². The smallest absolute Gasteiger partial charge is 0.493 e. The Balaban J connectivity index is 2.10. The fourth-order valence-electron chi connectivity index (χ4n) is 2.37. The SMILES string of the molecule is COC(=O)Oc1ccc(C=NNC(=O)CN(c2ccc(Cl)c(Cl)c2)S(C)(=O)=O)cc1OC. The van der Waals surface area contributed by atoms with Gasteiger partial charge in [0.25, 0.3) is 5.91 Å². The Morgan fingerprint density at radius 2 is 1.81 bits per heavy atom. The number of carbonyl (C=O) groups excluding carboxylic acids is 2. The van der Waals surface area contributed by atoms with Gasteiger partial charge in [0.15, 0.2) is 11.5 Å². The maximum absolute atomic E-state index is 12.3. The summed E-state index contributed by atoms with van der Waals surface area (Å²) < 4.78 is 39.6. The minimum atomic E-state index is -3.80. The maximum Gasteiger partial charge on any atom is 0.513 e. The summed E-state index contributed by atoms with van der Waals surface area (Å²) in [7, 11) is -1.24. The third-order valence-corrected chi connectivity index (χ3v) is 5.71. The molecule has 0 aliphatic rings. The van der Waals surface area contributed by atoms with Crippen LogP contribution in [0.15, 0.2) is 41.5 Å². The minimum absolute atomic E-state index is 0.131. The molecule has 0 spiro atoms. The molecule has 0 radical (unpaired) electrons. The van der Waals surface area contributed by atoms with Gasteiger partial charge in [0.05, 0.1) is 42.4 Å². The van der Waals surface area contributed by atoms with E-state index in [2.05, 4.69) is 15.3 Å². The molecule has 0 unspecified atom stereocenters. The number of hydrazone groups is 1. The summed E-state index contributed by atoms with van der Waals surface area (Å²) in [6, 6.07) is 8.70. The number of methoxy groups -OCH3 is 2. The van der Waals surface area contributed by atoms with E-state index in [0.717, 1.165) is 10.6 Å². The van der Waals surface area contributed by atoms with Crippen molar-refractivity contribution in [2.45, 2.75) is 0 Å². The van der Waals surface area contributed by atoms with Gasteiger partial charge in [0.1, 0.15) is 6.54 Å². The molecule has 32 heavy (non-hydrogen) atoms. The average Bonchev–Trinajstić information content (AvgIpc) is 2.74. The Labute approximate surface area is 194 Å². The highest BCUT2D eigenvalue weighted by molar-refractivity contribution is 7.92. The van der Waals surface area contributed by atoms with Crippen LogP contribution in [0.5, 0.6) is 11.5 Å². The molecule has 0 heterocycles. The van der Waals surface area contributed by atoms with Gasteiger partial charge in [0, 0.05) is 0 Å². The van der Waals surface area contributed by atoms with Gasteiger partial charge in [-0.3, -0.25) is 9.10 Å². The highest BCUT2D eigenvalue weighted by Crippen LogP contribution is 2.29. The van der Waals surface area contributed by atoms with Gasteiger partial charge in [-0.25, -0.2) is 18.6 Å². The molecule has 0 atom stereocenters. The Morgan fingerprint density at radius 1 is 1.09 bits per heavy atom. The molecule has 1 N–H and O–H groups in total. The van der Waals surface area contributed by atoms with Gasteiger partial charge in [-0.15, -0.1) is 0 Å². The number of nitrogens with one attached hydrogen (secondary N) is 1. The van der Waals surface area contributed by atoms with E-state index >= 15 is 0 Å². The first-order valence-corrected chi connectivity index (χ1v) is 11.3. The van der Waals surface area contributed by atoms with Gasteiger partial charge in [-0.05, 0) is 42.0 Å². The standard InChI is InChI=1S/C19H19Cl2N3O7S/c1-29-17-8-12(4-7-16(17)31-19(26)30-2)10-22-23-18(25)11-24(32(3,27)28)13-5-6-14(20)15(21)9-13/h4-10H,11H2,1-3H3,(H,23,25). The van der Waals surface area contributed by atoms with Crippen LogP contribution >= 0.6 is 23.2 Å². The molecule has 2 aromatic carbocycles. The third-order valence-electron chi connectivity index (χ3n) is 3.83. The largest absolute Gasteiger partial charge is 0.513 e. The van der Waals surface area contributed by atoms with Crippen LogP contribution in [0.3, 0.4) is 0 Å². The van der Waals surface area contributed by atoms with Crippen LogP contribution in [0, 0.1) is 0 Å². The molecular weight excluding hydrogens is 485 g/mol. The lowest BCUT2D eigenvalue weighted by molar-refractivity contribution is -0.119. The summed E-state index contributed by atoms with van der Waals surface area (Å²) in [6.07, 6.45) is 1.34. The summed E-state index contributed by atoms with van der Waals surface area (Å²) in [5.41, 5.74) is 2.92. The first-order valence-electron chi connectivity index (χ1n) is 8.73. The second-order valence-electron chi connectivity index (χ2n) is 6.13. The van der Waals surface area contributed by atoms with Crippen LogP contribution in [0.4, 0.5) is 10.5 Å². The fourth-order valence-corrected chi connectivity index (χ4v) is 3.51. The lowest BCUT2D eigenvalue weighted by Gasteiger charge is -2.21. The number of halogens is 2. The molecule has 0 saturated carbocycles. The molecule has 2 aromatic rings. The average molecular weight is 504 g/mol. The van der Waals surface area contributed by atoms with Gasteiger partial charge in [-0.2, -0.15) is 5.10 Å². The molecule has 2 rings (SSSR count). The molecule has 0 aliphatic heterocycles. The first kappa shape index (κ1) is 25.2. The Hall–Kier alpha value is -3.02. The van der Waals surface area contributed by atoms with E-state index in [1.807, 2.05) is 0 Å². The number of ether oxygens (including phenoxy) is 3. The van der Waals surface area contributed by atoms with E-state index in [1.165, 1.54) is 50.8 Å². The highest BCUT2D eigenvalue weighted by Gasteiger charge is 2.21. The quantitative estimate of drug-likeness (QED) is 0.254. The zero-order valence-corrected chi connectivity index (χ0v) is 19.5. The predicted molar refractivity (Wildman–Crippen MR) is 120 cm³/mol. The van der Waals surface area contributed by atoms with Crippen LogP contribution in [-0.4, -0.2) is 53.7 Å². The zero-order valence-electron chi connectivity index (χ0n) is 17.2. The molecule has 0 bridgehead atoms. The molecule has 13 heteroatoms. The number of amides is 1. The van der Waals surface area contributed by atoms with Crippen LogP contribution in [0.1, 0.15) is 5.56 Å². The molecule has 1 amide bonds. The predicted octanol–water partition coefficient (Wildman–Crippen LogP) is 3.06. The Bertz CT molecular complexity index is 1140. The lowest BCUT2D eigenvalue weighted by Crippen LogP contribution is -2.39. The van der Waals surface area contributed by atoms with Crippen molar-refractivity contribution in [3.8, 4) is 11.5 Å². The van der Waals surface area contributed by atoms with Crippen molar-refractivity contribution >= 4 is 57.2 Å². The molecule has 0 fully saturated rings. The van der Waals surface area contributed by atoms with E-state index in [4.69, 9.17) is 32.7 Å². The van der Waals surface area contributed by atoms with Crippen LogP contribution < -0.4 is 19.2 Å². The van der Waals surface area contributed by atoms with Crippen molar-refractivity contribution in [3.05, 3.63) is 52.0 Å². The monoisotopic (exact) mass is 503 g/mol. The van der Waals surface area contributed by atoms with Crippen molar-refractivity contribution in [1.29, 1.82) is 0 Å². The van der Waals surface area contributed by atoms with E-state index in [0.29, 0.717) is 5.56 Å². The van der Waals surface area contributed by atoms with Crippen molar-refractivity contribution < 1.29 is 32.2 Å². The molecule has 0 saturated heterocycles. The van der Waals surface area contributed by atoms with E-state index in [-0.39, 0.29) is 27.2 Å². The van der Waals surface area contributed by atoms with Crippen molar-refractivity contribution in [2.75, 3.05) is 31.3 Å². The zero-order chi connectivity index (χ0) is 23.9. The number of benzene rings is 2. The second kappa shape index (κ2) is 11.0. The van der Waals surface area contributed by atoms with Gasteiger partial charge in [0.2, 0.25) is 10.0 Å². The van der Waals surface area contributed by atoms with E-state index in [9.17, 15) is 18.0 Å². The minimum Gasteiger partial charge on any atom is -0.493 e. The number of sulfonamides is 1. The van der Waals surface area contributed by atoms with Crippen LogP contribution in [0.2, 0.25) is 10.0 Å². The topological polar surface area (TPSA) is 124 Å². The van der Waals surface area contributed by atoms with Gasteiger partial charge >= 0.3 is 6.16 Å². The fraction of sp³-hybridized carbons (Fsp3) is 0.211. The number of nitrogens with zero attached hydrogens (tertiary/aromatic N) is 2. The molecule has 172 valence electrons. The molecule has 0 aromatic heterocycles. The number of anilines is 1. The summed E-state index contributed by atoms with van der Waals surface area (Å²) in [6.45, 7) is -0.538. The molecule has 10 nitrogen and oxygen atoms in total. The molecule has 0 aliphatic carbocycles.